The molecule has 0 aliphatic rings. The lowest BCUT2D eigenvalue weighted by Crippen LogP contribution is -2.33. The number of nitrogens with one attached hydrogen (secondary N) is 1. The van der Waals surface area contributed by atoms with Crippen LogP contribution in [0.25, 0.3) is 0 Å². The first-order chi connectivity index (χ1) is 12.2. The summed E-state index contributed by atoms with van der Waals surface area (Å²) in [7, 11) is 0. The third-order valence-electron chi connectivity index (χ3n) is 3.88. The van der Waals surface area contributed by atoms with Gasteiger partial charge < -0.3 is 10.1 Å². The van der Waals surface area contributed by atoms with Crippen molar-refractivity contribution >= 4 is 40.3 Å². The molecule has 2 aromatic carbocycles. The number of carbonyl (C=O) groups is 1. The van der Waals surface area contributed by atoms with Crippen LogP contribution in [0, 0.1) is 3.57 Å². The van der Waals surface area contributed by atoms with Gasteiger partial charge in [-0.15, -0.1) is 0 Å². The van der Waals surface area contributed by atoms with E-state index in [9.17, 15) is 4.79 Å². The molecule has 0 spiro atoms. The van der Waals surface area contributed by atoms with Gasteiger partial charge in [-0.25, -0.2) is 4.79 Å². The van der Waals surface area contributed by atoms with Crippen LogP contribution in [0.2, 0.25) is 5.02 Å². The van der Waals surface area contributed by atoms with Gasteiger partial charge >= 0.3 is 6.09 Å². The van der Waals surface area contributed by atoms with E-state index in [0.717, 1.165) is 17.9 Å². The lowest BCUT2D eigenvalue weighted by atomic mass is 9.89. The number of ether oxygens (including phenoxy) is 1. The summed E-state index contributed by atoms with van der Waals surface area (Å²) in [5.41, 5.74) is 2.02. The molecule has 0 saturated heterocycles. The summed E-state index contributed by atoms with van der Waals surface area (Å²) in [6.45, 7) is 6.16. The predicted molar refractivity (Wildman–Crippen MR) is 116 cm³/mol. The summed E-state index contributed by atoms with van der Waals surface area (Å²) in [6, 6.07) is 16.5. The molecule has 0 heterocycles. The zero-order valence-corrected chi connectivity index (χ0v) is 18.3. The standard InChI is InChI=1S/C21H25ClINO2/c1-21(2,3)26-20(25)24-12-11-17(16-5-4-6-19(23)14-16)13-15-7-9-18(22)10-8-15/h4-10,14,17H,11-13H2,1-3H3,(H,24,25). The second-order valence-electron chi connectivity index (χ2n) is 7.30. The highest BCUT2D eigenvalue weighted by atomic mass is 127. The monoisotopic (exact) mass is 485 g/mol. The van der Waals surface area contributed by atoms with Crippen LogP contribution in [0.4, 0.5) is 4.79 Å². The van der Waals surface area contributed by atoms with Crippen LogP contribution in [-0.2, 0) is 11.2 Å². The van der Waals surface area contributed by atoms with Gasteiger partial charge in [-0.2, -0.15) is 0 Å². The zero-order chi connectivity index (χ0) is 19.2. The third kappa shape index (κ3) is 7.54. The van der Waals surface area contributed by atoms with Gasteiger partial charge in [0.05, 0.1) is 0 Å². The molecule has 0 aromatic heterocycles. The van der Waals surface area contributed by atoms with Gasteiger partial charge in [-0.1, -0.05) is 35.9 Å². The Bertz CT molecular complexity index is 726. The third-order valence-corrected chi connectivity index (χ3v) is 4.80. The van der Waals surface area contributed by atoms with Gasteiger partial charge in [0.1, 0.15) is 5.60 Å². The molecule has 3 nitrogen and oxygen atoms in total. The first-order valence-electron chi connectivity index (χ1n) is 8.70. The maximum absolute atomic E-state index is 11.9. The molecule has 1 amide bonds. The second-order valence-corrected chi connectivity index (χ2v) is 8.98. The van der Waals surface area contributed by atoms with Crippen molar-refractivity contribution in [1.29, 1.82) is 0 Å². The summed E-state index contributed by atoms with van der Waals surface area (Å²) in [6.07, 6.45) is 1.36. The zero-order valence-electron chi connectivity index (χ0n) is 15.4. The number of hydrogen-bond donors (Lipinski definition) is 1. The van der Waals surface area contributed by atoms with E-state index in [2.05, 4.69) is 64.3 Å². The molecule has 1 atom stereocenters. The van der Waals surface area contributed by atoms with E-state index >= 15 is 0 Å². The van der Waals surface area contributed by atoms with Gasteiger partial charge in [0, 0.05) is 15.1 Å². The summed E-state index contributed by atoms with van der Waals surface area (Å²) in [5.74, 6) is 0.306. The topological polar surface area (TPSA) is 38.3 Å². The highest BCUT2D eigenvalue weighted by Gasteiger charge is 2.17. The average molecular weight is 486 g/mol. The largest absolute Gasteiger partial charge is 0.444 e. The minimum atomic E-state index is -0.484. The van der Waals surface area contributed by atoms with Gasteiger partial charge in [-0.05, 0) is 97.5 Å². The van der Waals surface area contributed by atoms with Gasteiger partial charge in [0.2, 0.25) is 0 Å². The van der Waals surface area contributed by atoms with Crippen molar-refractivity contribution in [2.75, 3.05) is 6.54 Å². The molecule has 0 fully saturated rings. The van der Waals surface area contributed by atoms with E-state index in [-0.39, 0.29) is 6.09 Å². The number of benzene rings is 2. The van der Waals surface area contributed by atoms with Crippen LogP contribution in [-0.4, -0.2) is 18.2 Å². The highest BCUT2D eigenvalue weighted by Crippen LogP contribution is 2.26. The molecule has 26 heavy (non-hydrogen) atoms. The van der Waals surface area contributed by atoms with Crippen LogP contribution in [0.3, 0.4) is 0 Å². The molecular formula is C21H25ClINO2. The van der Waals surface area contributed by atoms with Crippen LogP contribution >= 0.6 is 34.2 Å². The first-order valence-corrected chi connectivity index (χ1v) is 10.2. The fourth-order valence-corrected chi connectivity index (χ4v) is 3.41. The number of rotatable bonds is 6. The molecule has 5 heteroatoms. The second kappa shape index (κ2) is 9.60. The molecule has 2 aromatic rings. The summed E-state index contributed by atoms with van der Waals surface area (Å²) < 4.78 is 6.52. The minimum absolute atomic E-state index is 0.306. The smallest absolute Gasteiger partial charge is 0.407 e. The van der Waals surface area contributed by atoms with Crippen molar-refractivity contribution in [1.82, 2.24) is 5.32 Å². The number of halogens is 2. The van der Waals surface area contributed by atoms with Crippen molar-refractivity contribution in [2.45, 2.75) is 45.1 Å². The molecular weight excluding hydrogens is 461 g/mol. The van der Waals surface area contributed by atoms with Crippen LogP contribution in [0.15, 0.2) is 48.5 Å². The molecule has 0 aliphatic heterocycles. The van der Waals surface area contributed by atoms with Crippen molar-refractivity contribution < 1.29 is 9.53 Å². The summed E-state index contributed by atoms with van der Waals surface area (Å²) in [4.78, 5) is 11.9. The molecule has 2 rings (SSSR count). The quantitative estimate of drug-likeness (QED) is 0.496. The van der Waals surface area contributed by atoms with Crippen LogP contribution in [0.1, 0.15) is 44.2 Å². The highest BCUT2D eigenvalue weighted by molar-refractivity contribution is 14.1. The summed E-state index contributed by atoms with van der Waals surface area (Å²) in [5, 5.41) is 3.61. The Balaban J connectivity index is 2.03. The molecule has 0 aliphatic carbocycles. The maximum atomic E-state index is 11.9. The van der Waals surface area contributed by atoms with E-state index in [0.29, 0.717) is 12.5 Å². The number of hydrogen-bond acceptors (Lipinski definition) is 2. The fourth-order valence-electron chi connectivity index (χ4n) is 2.71. The van der Waals surface area contributed by atoms with E-state index in [1.165, 1.54) is 14.7 Å². The van der Waals surface area contributed by atoms with Gasteiger partial charge in [0.15, 0.2) is 0 Å². The first kappa shape index (κ1) is 21.0. The van der Waals surface area contributed by atoms with E-state index in [1.54, 1.807) is 0 Å². The lowest BCUT2D eigenvalue weighted by Gasteiger charge is -2.21. The van der Waals surface area contributed by atoms with Gasteiger partial charge in [0.25, 0.3) is 0 Å². The molecule has 1 N–H and O–H groups in total. The minimum Gasteiger partial charge on any atom is -0.444 e. The fraction of sp³-hybridized carbons (Fsp3) is 0.381. The van der Waals surface area contributed by atoms with Crippen molar-refractivity contribution in [3.63, 3.8) is 0 Å². The Morgan fingerprint density at radius 3 is 2.50 bits per heavy atom. The molecule has 1 unspecified atom stereocenters. The SMILES string of the molecule is CC(C)(C)OC(=O)NCCC(Cc1ccc(Cl)cc1)c1cccc(I)c1. The maximum Gasteiger partial charge on any atom is 0.407 e. The Hall–Kier alpha value is -1.27. The Morgan fingerprint density at radius 2 is 1.88 bits per heavy atom. The Kier molecular flexibility index (Phi) is 7.77. The van der Waals surface area contributed by atoms with E-state index in [1.807, 2.05) is 32.9 Å². The number of carbonyl (C=O) groups excluding carboxylic acids is 1. The molecule has 140 valence electrons. The van der Waals surface area contributed by atoms with Crippen LogP contribution in [0.5, 0.6) is 0 Å². The van der Waals surface area contributed by atoms with E-state index < -0.39 is 5.60 Å². The molecule has 0 radical (unpaired) electrons. The van der Waals surface area contributed by atoms with Crippen LogP contribution < -0.4 is 5.32 Å². The van der Waals surface area contributed by atoms with Crippen molar-refractivity contribution in [2.24, 2.45) is 0 Å². The average Bonchev–Trinajstić information content (AvgIpc) is 2.54. The predicted octanol–water partition coefficient (Wildman–Crippen LogP) is 6.19. The lowest BCUT2D eigenvalue weighted by molar-refractivity contribution is 0.0526. The number of alkyl carbamates (subject to hydrolysis) is 1. The van der Waals surface area contributed by atoms with Crippen molar-refractivity contribution in [3.8, 4) is 0 Å². The van der Waals surface area contributed by atoms with Crippen molar-refractivity contribution in [3.05, 3.63) is 68.3 Å². The molecule has 0 bridgehead atoms. The molecule has 0 saturated carbocycles. The number of amides is 1. The Labute approximate surface area is 174 Å². The normalized spacial score (nSPS) is 12.5. The van der Waals surface area contributed by atoms with E-state index in [4.69, 9.17) is 16.3 Å². The Morgan fingerprint density at radius 1 is 1.19 bits per heavy atom. The summed E-state index contributed by atoms with van der Waals surface area (Å²) >= 11 is 8.32. The van der Waals surface area contributed by atoms with Gasteiger partial charge in [-0.3, -0.25) is 0 Å².